The van der Waals surface area contributed by atoms with Gasteiger partial charge in [-0.05, 0) is 30.2 Å². The Kier molecular flexibility index (Phi) is 11.3. The number of benzene rings is 2. The number of aliphatic imine (C=N–C) groups is 1. The van der Waals surface area contributed by atoms with Gasteiger partial charge in [0.15, 0.2) is 5.96 Å². The van der Waals surface area contributed by atoms with Crippen molar-refractivity contribution in [2.45, 2.75) is 18.7 Å². The van der Waals surface area contributed by atoms with Gasteiger partial charge in [0.1, 0.15) is 0 Å². The van der Waals surface area contributed by atoms with Gasteiger partial charge in [-0.15, -0.1) is 24.0 Å². The third kappa shape index (κ3) is 8.37. The van der Waals surface area contributed by atoms with Crippen LogP contribution in [-0.4, -0.2) is 29.5 Å². The molecule has 0 aliphatic heterocycles. The van der Waals surface area contributed by atoms with Crippen molar-refractivity contribution in [1.29, 1.82) is 0 Å². The fourth-order valence-electron chi connectivity index (χ4n) is 2.45. The van der Waals surface area contributed by atoms with Crippen LogP contribution in [0.25, 0.3) is 0 Å². The summed E-state index contributed by atoms with van der Waals surface area (Å²) in [6.45, 7) is 2.57. The van der Waals surface area contributed by atoms with Crippen molar-refractivity contribution < 1.29 is 4.21 Å². The Labute approximate surface area is 190 Å². The van der Waals surface area contributed by atoms with Crippen LogP contribution in [0, 0.1) is 0 Å². The second-order valence-electron chi connectivity index (χ2n) is 5.80. The first kappa shape index (κ1) is 24.2. The van der Waals surface area contributed by atoms with Crippen LogP contribution in [0.2, 0.25) is 10.0 Å². The topological polar surface area (TPSA) is 53.5 Å². The molecule has 2 aromatic carbocycles. The SMILES string of the molecule is CN=C(NCCS(=O)Cc1ccccc1)NC(C)c1ccc(Cl)cc1Cl.I. The number of rotatable bonds is 7. The van der Waals surface area contributed by atoms with Crippen molar-refractivity contribution in [2.24, 2.45) is 4.99 Å². The van der Waals surface area contributed by atoms with Crippen LogP contribution in [0.1, 0.15) is 24.1 Å². The molecule has 2 unspecified atom stereocenters. The highest BCUT2D eigenvalue weighted by molar-refractivity contribution is 14.0. The maximum absolute atomic E-state index is 12.2. The monoisotopic (exact) mass is 539 g/mol. The van der Waals surface area contributed by atoms with E-state index in [1.807, 2.05) is 49.4 Å². The maximum Gasteiger partial charge on any atom is 0.191 e. The maximum atomic E-state index is 12.2. The van der Waals surface area contributed by atoms with Gasteiger partial charge >= 0.3 is 0 Å². The molecule has 0 spiro atoms. The molecular formula is C19H24Cl2IN3OS. The van der Waals surface area contributed by atoms with Crippen molar-refractivity contribution in [3.8, 4) is 0 Å². The molecule has 0 aliphatic rings. The second kappa shape index (κ2) is 12.6. The lowest BCUT2D eigenvalue weighted by molar-refractivity contribution is 0.676. The molecule has 0 bridgehead atoms. The Morgan fingerprint density at radius 1 is 1.19 bits per heavy atom. The molecule has 4 nitrogen and oxygen atoms in total. The molecule has 0 aliphatic carbocycles. The summed E-state index contributed by atoms with van der Waals surface area (Å²) in [6.07, 6.45) is 0. The summed E-state index contributed by atoms with van der Waals surface area (Å²) < 4.78 is 12.2. The predicted molar refractivity (Wildman–Crippen MR) is 128 cm³/mol. The van der Waals surface area contributed by atoms with Crippen molar-refractivity contribution in [1.82, 2.24) is 10.6 Å². The summed E-state index contributed by atoms with van der Waals surface area (Å²) in [7, 11) is 0.775. The van der Waals surface area contributed by atoms with Gasteiger partial charge in [0.25, 0.3) is 0 Å². The zero-order valence-electron chi connectivity index (χ0n) is 15.2. The number of guanidine groups is 1. The third-order valence-electron chi connectivity index (χ3n) is 3.80. The molecule has 0 fully saturated rings. The molecule has 148 valence electrons. The highest BCUT2D eigenvalue weighted by Crippen LogP contribution is 2.25. The zero-order valence-corrected chi connectivity index (χ0v) is 19.9. The Balaban J connectivity index is 0.00000364. The Morgan fingerprint density at radius 3 is 2.52 bits per heavy atom. The van der Waals surface area contributed by atoms with Crippen LogP contribution in [0.3, 0.4) is 0 Å². The fourth-order valence-corrected chi connectivity index (χ4v) is 4.06. The van der Waals surface area contributed by atoms with Gasteiger partial charge in [0, 0.05) is 45.9 Å². The van der Waals surface area contributed by atoms with E-state index in [0.29, 0.717) is 34.1 Å². The molecule has 0 aromatic heterocycles. The summed E-state index contributed by atoms with van der Waals surface area (Å²) in [5, 5.41) is 7.69. The van der Waals surface area contributed by atoms with E-state index in [9.17, 15) is 4.21 Å². The lowest BCUT2D eigenvalue weighted by Gasteiger charge is -2.19. The minimum atomic E-state index is -0.925. The van der Waals surface area contributed by atoms with Gasteiger partial charge in [-0.2, -0.15) is 0 Å². The molecule has 2 rings (SSSR count). The van der Waals surface area contributed by atoms with E-state index >= 15 is 0 Å². The summed E-state index contributed by atoms with van der Waals surface area (Å²) in [6, 6.07) is 15.2. The van der Waals surface area contributed by atoms with Gasteiger partial charge in [0.2, 0.25) is 0 Å². The van der Waals surface area contributed by atoms with Crippen molar-refractivity contribution in [3.05, 3.63) is 69.7 Å². The summed E-state index contributed by atoms with van der Waals surface area (Å²) in [5.74, 6) is 1.75. The minimum absolute atomic E-state index is 0. The van der Waals surface area contributed by atoms with E-state index in [4.69, 9.17) is 23.2 Å². The lowest BCUT2D eigenvalue weighted by atomic mass is 10.1. The number of nitrogens with one attached hydrogen (secondary N) is 2. The molecule has 2 atom stereocenters. The molecule has 2 N–H and O–H groups in total. The van der Waals surface area contributed by atoms with E-state index in [1.54, 1.807) is 13.1 Å². The van der Waals surface area contributed by atoms with E-state index in [-0.39, 0.29) is 30.0 Å². The number of hydrogen-bond acceptors (Lipinski definition) is 2. The highest BCUT2D eigenvalue weighted by Gasteiger charge is 2.12. The molecule has 0 amide bonds. The van der Waals surface area contributed by atoms with Crippen LogP contribution in [0.4, 0.5) is 0 Å². The molecule has 0 saturated heterocycles. The van der Waals surface area contributed by atoms with E-state index < -0.39 is 10.8 Å². The van der Waals surface area contributed by atoms with Gasteiger partial charge in [-0.25, -0.2) is 0 Å². The molecule has 0 radical (unpaired) electrons. The fraction of sp³-hybridized carbons (Fsp3) is 0.316. The second-order valence-corrected chi connectivity index (χ2v) is 8.22. The first-order valence-electron chi connectivity index (χ1n) is 8.30. The quantitative estimate of drug-likeness (QED) is 0.302. The van der Waals surface area contributed by atoms with Crippen LogP contribution < -0.4 is 10.6 Å². The normalized spacial score (nSPS) is 13.4. The van der Waals surface area contributed by atoms with Crippen molar-refractivity contribution in [3.63, 3.8) is 0 Å². The molecule has 0 saturated carbocycles. The van der Waals surface area contributed by atoms with Gasteiger partial charge < -0.3 is 10.6 Å². The van der Waals surface area contributed by atoms with Crippen LogP contribution in [0.5, 0.6) is 0 Å². The first-order chi connectivity index (χ1) is 12.5. The van der Waals surface area contributed by atoms with E-state index in [0.717, 1.165) is 11.1 Å². The summed E-state index contributed by atoms with van der Waals surface area (Å²) >= 11 is 12.2. The van der Waals surface area contributed by atoms with Gasteiger partial charge in [-0.3, -0.25) is 9.20 Å². The van der Waals surface area contributed by atoms with Gasteiger partial charge in [0.05, 0.1) is 6.04 Å². The van der Waals surface area contributed by atoms with Crippen LogP contribution in [-0.2, 0) is 16.6 Å². The highest BCUT2D eigenvalue weighted by atomic mass is 127. The summed E-state index contributed by atoms with van der Waals surface area (Å²) in [4.78, 5) is 4.21. The lowest BCUT2D eigenvalue weighted by Crippen LogP contribution is -2.40. The number of nitrogens with zero attached hydrogens (tertiary/aromatic N) is 1. The number of hydrogen-bond donors (Lipinski definition) is 2. The average molecular weight is 540 g/mol. The molecular weight excluding hydrogens is 516 g/mol. The molecule has 0 heterocycles. The molecule has 27 heavy (non-hydrogen) atoms. The van der Waals surface area contributed by atoms with Crippen LogP contribution in [0.15, 0.2) is 53.5 Å². The standard InChI is InChI=1S/C19H23Cl2N3OS.HI/c1-14(17-9-8-16(20)12-18(17)21)24-19(22-2)23-10-11-26(25)13-15-6-4-3-5-7-15;/h3-9,12,14H,10-11,13H2,1-2H3,(H2,22,23,24);1H. The minimum Gasteiger partial charge on any atom is -0.355 e. The smallest absolute Gasteiger partial charge is 0.191 e. The molecule has 8 heteroatoms. The third-order valence-corrected chi connectivity index (χ3v) is 5.68. The van der Waals surface area contributed by atoms with Gasteiger partial charge in [-0.1, -0.05) is 59.6 Å². The largest absolute Gasteiger partial charge is 0.355 e. The Morgan fingerprint density at radius 2 is 1.89 bits per heavy atom. The predicted octanol–water partition coefficient (Wildman–Crippen LogP) is 4.79. The van der Waals surface area contributed by atoms with Crippen LogP contribution >= 0.6 is 47.2 Å². The van der Waals surface area contributed by atoms with E-state index in [2.05, 4.69) is 15.6 Å². The zero-order chi connectivity index (χ0) is 18.9. The van der Waals surface area contributed by atoms with Crippen molar-refractivity contribution >= 4 is 63.9 Å². The Bertz CT molecular complexity index is 775. The number of halogens is 3. The van der Waals surface area contributed by atoms with Crippen molar-refractivity contribution in [2.75, 3.05) is 19.3 Å². The van der Waals surface area contributed by atoms with E-state index in [1.165, 1.54) is 0 Å². The summed E-state index contributed by atoms with van der Waals surface area (Å²) in [5.41, 5.74) is 2.02. The first-order valence-corrected chi connectivity index (χ1v) is 10.5. The Hall–Kier alpha value is -0.830. The molecule has 2 aromatic rings. The average Bonchev–Trinajstić information content (AvgIpc) is 2.61.